The molecule has 1 aromatic heterocycles. The zero-order valence-electron chi connectivity index (χ0n) is 10.1. The lowest BCUT2D eigenvalue weighted by Gasteiger charge is -2.17. The van der Waals surface area contributed by atoms with Gasteiger partial charge in [0.1, 0.15) is 11.3 Å². The van der Waals surface area contributed by atoms with E-state index >= 15 is 0 Å². The Balaban J connectivity index is 2.02. The number of nitrogens with two attached hydrogens (primary N) is 1. The average molecular weight is 264 g/mol. The van der Waals surface area contributed by atoms with Gasteiger partial charge in [-0.15, -0.1) is 0 Å². The van der Waals surface area contributed by atoms with Gasteiger partial charge in [-0.2, -0.15) is 0 Å². The zero-order valence-corrected chi connectivity index (χ0v) is 10.8. The molecule has 1 saturated carbocycles. The zero-order chi connectivity index (χ0) is 12.9. The predicted octanol–water partition coefficient (Wildman–Crippen LogP) is 3.46. The minimum atomic E-state index is -0.405. The Morgan fingerprint density at radius 3 is 2.78 bits per heavy atom. The van der Waals surface area contributed by atoms with E-state index in [0.717, 1.165) is 29.6 Å². The number of fused-ring (bicyclic) bond motifs is 1. The largest absolute Gasteiger partial charge is 0.461 e. The third-order valence-electron chi connectivity index (χ3n) is 4.03. The molecule has 0 radical (unpaired) electrons. The van der Waals surface area contributed by atoms with Crippen molar-refractivity contribution in [1.82, 2.24) is 0 Å². The molecule has 1 heterocycles. The Labute approximate surface area is 110 Å². The summed E-state index contributed by atoms with van der Waals surface area (Å²) in [6.45, 7) is 2.00. The van der Waals surface area contributed by atoms with Crippen molar-refractivity contribution in [2.45, 2.75) is 25.7 Å². The first-order chi connectivity index (χ1) is 8.53. The number of primary amides is 1. The first-order valence-electron chi connectivity index (χ1n) is 6.02. The molecule has 1 aliphatic carbocycles. The van der Waals surface area contributed by atoms with Gasteiger partial charge in [0.25, 0.3) is 0 Å². The molecule has 18 heavy (non-hydrogen) atoms. The summed E-state index contributed by atoms with van der Waals surface area (Å²) in [5, 5.41) is 1.64. The third kappa shape index (κ3) is 1.62. The van der Waals surface area contributed by atoms with E-state index in [0.29, 0.717) is 5.02 Å². The van der Waals surface area contributed by atoms with E-state index in [1.165, 1.54) is 0 Å². The molecule has 4 heteroatoms. The summed E-state index contributed by atoms with van der Waals surface area (Å²) in [6.07, 6.45) is 1.70. The predicted molar refractivity (Wildman–Crippen MR) is 70.5 cm³/mol. The van der Waals surface area contributed by atoms with Crippen LogP contribution in [0.15, 0.2) is 28.7 Å². The van der Waals surface area contributed by atoms with Crippen molar-refractivity contribution in [2.24, 2.45) is 11.1 Å². The van der Waals surface area contributed by atoms with Crippen LogP contribution in [0.3, 0.4) is 0 Å². The van der Waals surface area contributed by atoms with Gasteiger partial charge >= 0.3 is 0 Å². The van der Waals surface area contributed by atoms with Gasteiger partial charge in [-0.25, -0.2) is 0 Å². The van der Waals surface area contributed by atoms with Crippen LogP contribution in [0.1, 0.15) is 31.4 Å². The summed E-state index contributed by atoms with van der Waals surface area (Å²) >= 11 is 5.94. The van der Waals surface area contributed by atoms with Crippen LogP contribution in [0.4, 0.5) is 0 Å². The first-order valence-corrected chi connectivity index (χ1v) is 6.40. The molecule has 1 fully saturated rings. The SMILES string of the molecule is C[C@@H](c1cc2cc(Cl)ccc2o1)C1(C(N)=O)CC1. The number of hydrogen-bond acceptors (Lipinski definition) is 2. The monoisotopic (exact) mass is 263 g/mol. The Hall–Kier alpha value is -1.48. The number of benzene rings is 1. The van der Waals surface area contributed by atoms with Crippen LogP contribution >= 0.6 is 11.6 Å². The second kappa shape index (κ2) is 3.75. The first kappa shape index (κ1) is 11.6. The van der Waals surface area contributed by atoms with Crippen molar-refractivity contribution >= 4 is 28.5 Å². The van der Waals surface area contributed by atoms with Gasteiger partial charge in [-0.05, 0) is 37.1 Å². The normalized spacial score (nSPS) is 18.8. The van der Waals surface area contributed by atoms with Crippen LogP contribution < -0.4 is 5.73 Å². The fourth-order valence-electron chi connectivity index (χ4n) is 2.55. The number of carbonyl (C=O) groups is 1. The second-order valence-corrected chi connectivity index (χ2v) is 5.51. The fourth-order valence-corrected chi connectivity index (χ4v) is 2.73. The molecule has 1 amide bonds. The van der Waals surface area contributed by atoms with Crippen LogP contribution in [0.25, 0.3) is 11.0 Å². The molecule has 0 saturated heterocycles. The van der Waals surface area contributed by atoms with Gasteiger partial charge in [0.2, 0.25) is 5.91 Å². The Kier molecular flexibility index (Phi) is 2.42. The molecule has 2 N–H and O–H groups in total. The summed E-state index contributed by atoms with van der Waals surface area (Å²) in [7, 11) is 0. The van der Waals surface area contributed by atoms with E-state index in [1.54, 1.807) is 6.07 Å². The second-order valence-electron chi connectivity index (χ2n) is 5.07. The van der Waals surface area contributed by atoms with E-state index in [2.05, 4.69) is 0 Å². The van der Waals surface area contributed by atoms with Crippen molar-refractivity contribution in [2.75, 3.05) is 0 Å². The maximum absolute atomic E-state index is 11.5. The highest BCUT2D eigenvalue weighted by Gasteiger charge is 2.54. The molecule has 0 aliphatic heterocycles. The van der Waals surface area contributed by atoms with Crippen molar-refractivity contribution in [1.29, 1.82) is 0 Å². The Bertz CT molecular complexity index is 628. The van der Waals surface area contributed by atoms with E-state index in [4.69, 9.17) is 21.8 Å². The molecular weight excluding hydrogens is 250 g/mol. The quantitative estimate of drug-likeness (QED) is 0.922. The smallest absolute Gasteiger partial charge is 0.224 e. The standard InChI is InChI=1S/C14H14ClNO2/c1-8(14(4-5-14)13(16)17)12-7-9-6-10(15)2-3-11(9)18-12/h2-3,6-8H,4-5H2,1H3,(H2,16,17)/t8-/m0/s1. The number of amides is 1. The van der Waals surface area contributed by atoms with E-state index in [1.807, 2.05) is 25.1 Å². The summed E-state index contributed by atoms with van der Waals surface area (Å²) in [5.74, 6) is 0.596. The Morgan fingerprint density at radius 1 is 1.44 bits per heavy atom. The molecule has 0 unspecified atom stereocenters. The lowest BCUT2D eigenvalue weighted by atomic mass is 9.88. The van der Waals surface area contributed by atoms with Crippen LogP contribution in [0.2, 0.25) is 5.02 Å². The third-order valence-corrected chi connectivity index (χ3v) is 4.27. The molecule has 2 aromatic rings. The van der Waals surface area contributed by atoms with Gasteiger partial charge < -0.3 is 10.2 Å². The summed E-state index contributed by atoms with van der Waals surface area (Å²) in [5.41, 5.74) is 5.88. The van der Waals surface area contributed by atoms with Gasteiger partial charge in [0.05, 0.1) is 5.41 Å². The van der Waals surface area contributed by atoms with Crippen molar-refractivity contribution < 1.29 is 9.21 Å². The van der Waals surface area contributed by atoms with Crippen molar-refractivity contribution in [3.8, 4) is 0 Å². The van der Waals surface area contributed by atoms with Gasteiger partial charge in [0, 0.05) is 16.3 Å². The topological polar surface area (TPSA) is 56.2 Å². The Morgan fingerprint density at radius 2 is 2.17 bits per heavy atom. The molecule has 1 atom stereocenters. The molecular formula is C14H14ClNO2. The fraction of sp³-hybridized carbons (Fsp3) is 0.357. The van der Waals surface area contributed by atoms with E-state index in [-0.39, 0.29) is 11.8 Å². The van der Waals surface area contributed by atoms with Crippen LogP contribution in [-0.2, 0) is 4.79 Å². The van der Waals surface area contributed by atoms with E-state index < -0.39 is 5.41 Å². The molecule has 0 spiro atoms. The minimum Gasteiger partial charge on any atom is -0.461 e. The maximum Gasteiger partial charge on any atom is 0.224 e. The molecule has 3 nitrogen and oxygen atoms in total. The highest BCUT2D eigenvalue weighted by molar-refractivity contribution is 6.31. The average Bonchev–Trinajstić information content (AvgIpc) is 3.03. The summed E-state index contributed by atoms with van der Waals surface area (Å²) in [4.78, 5) is 11.5. The van der Waals surface area contributed by atoms with Gasteiger partial charge in [0.15, 0.2) is 0 Å². The molecule has 94 valence electrons. The molecule has 1 aliphatic rings. The minimum absolute atomic E-state index is 0.0150. The summed E-state index contributed by atoms with van der Waals surface area (Å²) in [6, 6.07) is 7.45. The van der Waals surface area contributed by atoms with Crippen LogP contribution in [0.5, 0.6) is 0 Å². The van der Waals surface area contributed by atoms with Crippen molar-refractivity contribution in [3.05, 3.63) is 35.0 Å². The number of hydrogen-bond donors (Lipinski definition) is 1. The highest BCUT2D eigenvalue weighted by atomic mass is 35.5. The van der Waals surface area contributed by atoms with Crippen LogP contribution in [0, 0.1) is 5.41 Å². The number of halogens is 1. The van der Waals surface area contributed by atoms with E-state index in [9.17, 15) is 4.79 Å². The lowest BCUT2D eigenvalue weighted by Crippen LogP contribution is -2.29. The van der Waals surface area contributed by atoms with Crippen LogP contribution in [-0.4, -0.2) is 5.91 Å². The maximum atomic E-state index is 11.5. The lowest BCUT2D eigenvalue weighted by molar-refractivity contribution is -0.123. The number of carbonyl (C=O) groups excluding carboxylic acids is 1. The highest BCUT2D eigenvalue weighted by Crippen LogP contribution is 2.56. The van der Waals surface area contributed by atoms with Gasteiger partial charge in [-0.1, -0.05) is 18.5 Å². The summed E-state index contributed by atoms with van der Waals surface area (Å²) < 4.78 is 5.79. The molecule has 0 bridgehead atoms. The number of furan rings is 1. The van der Waals surface area contributed by atoms with Gasteiger partial charge in [-0.3, -0.25) is 4.79 Å². The number of rotatable bonds is 3. The molecule has 3 rings (SSSR count). The van der Waals surface area contributed by atoms with Crippen molar-refractivity contribution in [3.63, 3.8) is 0 Å². The molecule has 1 aromatic carbocycles.